The van der Waals surface area contributed by atoms with Crippen LogP contribution in [0.25, 0.3) is 88.4 Å². The highest BCUT2D eigenvalue weighted by atomic mass is 19.4. The fourth-order valence-corrected chi connectivity index (χ4v) is 9.33. The molecule has 18 heteroatoms. The molecule has 8 aromatic carbocycles. The third-order valence-corrected chi connectivity index (χ3v) is 12.5. The zero-order chi connectivity index (χ0) is 51.4. The molecule has 10 rings (SSSR count). The summed E-state index contributed by atoms with van der Waals surface area (Å²) in [5, 5.41) is 12.6. The number of rotatable bonds is 5. The lowest BCUT2D eigenvalue weighted by Gasteiger charge is -2.19. The minimum Gasteiger partial charge on any atom is -0.308 e. The molecule has 2 heterocycles. The van der Waals surface area contributed by atoms with E-state index >= 15 is 0 Å². The third-order valence-electron chi connectivity index (χ3n) is 12.5. The molecule has 0 aliphatic heterocycles. The first-order valence-electron chi connectivity index (χ1n) is 21.2. The Morgan fingerprint density at radius 3 is 1.12 bits per heavy atom. The number of benzene rings is 8. The average Bonchev–Trinajstić information content (AvgIpc) is 3.84. The Labute approximate surface area is 395 Å². The predicted octanol–water partition coefficient (Wildman–Crippen LogP) is 17.8. The van der Waals surface area contributed by atoms with E-state index in [-0.39, 0.29) is 73.1 Å². The number of nitriles is 1. The molecular weight excluding hydrogens is 976 g/mol. The van der Waals surface area contributed by atoms with Crippen molar-refractivity contribution in [3.63, 3.8) is 0 Å². The van der Waals surface area contributed by atoms with Gasteiger partial charge in [-0.3, -0.25) is 0 Å². The highest BCUT2D eigenvalue weighted by molar-refractivity contribution is 6.12. The van der Waals surface area contributed by atoms with Gasteiger partial charge in [-0.05, 0) is 118 Å². The Morgan fingerprint density at radius 2 is 0.722 bits per heavy atom. The van der Waals surface area contributed by atoms with Crippen LogP contribution in [0.2, 0.25) is 0 Å². The number of hydrogen-bond donors (Lipinski definition) is 0. The van der Waals surface area contributed by atoms with Gasteiger partial charge < -0.3 is 9.13 Å². The van der Waals surface area contributed by atoms with Gasteiger partial charge in [-0.2, -0.15) is 71.1 Å². The first-order chi connectivity index (χ1) is 33.8. The van der Waals surface area contributed by atoms with Gasteiger partial charge in [0.25, 0.3) is 0 Å². The summed E-state index contributed by atoms with van der Waals surface area (Å²) >= 11 is 0. The Balaban J connectivity index is 1.26. The van der Waals surface area contributed by atoms with Crippen LogP contribution in [0.15, 0.2) is 158 Å². The van der Waals surface area contributed by atoms with Gasteiger partial charge in [0.1, 0.15) is 11.6 Å². The maximum Gasteiger partial charge on any atom is 0.417 e. The van der Waals surface area contributed by atoms with E-state index in [1.165, 1.54) is 60.7 Å². The predicted molar refractivity (Wildman–Crippen MR) is 241 cm³/mol. The molecule has 362 valence electrons. The molecular formula is C54H26F15N3. The quantitative estimate of drug-likeness (QED) is 0.158. The standard InChI is InChI=1S/C54H26F15N3/c55-50(56,57)32-7-5-6-28(20-32)31-23-48(71-44-10-3-1-8-37(44)39-21-29(12-18-46(39)71)35-16-14-33(51(58,59)60)25-42(35)53(64,65)66)41(27-70)49(24-31)72-45-11-4-2-9-38(45)40-22-30(13-19-47(40)72)36-17-15-34(52(61,62)63)26-43(36)54(67,68)69/h1-26H. The van der Waals surface area contributed by atoms with E-state index in [0.29, 0.717) is 33.9 Å². The first kappa shape index (κ1) is 47.5. The SMILES string of the molecule is N#Cc1c(-n2c3ccccc3c3cc(-c4ccc(C(F)(F)F)cc4C(F)(F)F)ccc32)cc(-c2cccc(C(F)(F)F)c2)cc1-n1c2ccccc2c2cc(-c3ccc(C(F)(F)F)cc3C(F)(F)F)ccc21. The number of alkyl halides is 15. The lowest BCUT2D eigenvalue weighted by Crippen LogP contribution is -2.12. The number of para-hydroxylation sites is 2. The molecule has 0 saturated heterocycles. The molecule has 0 unspecified atom stereocenters. The van der Waals surface area contributed by atoms with Crippen LogP contribution in [0.5, 0.6) is 0 Å². The van der Waals surface area contributed by atoms with E-state index in [0.717, 1.165) is 24.3 Å². The normalized spacial score (nSPS) is 12.9. The van der Waals surface area contributed by atoms with Crippen LogP contribution in [-0.4, -0.2) is 9.13 Å². The fraction of sp³-hybridized carbons (Fsp3) is 0.0926. The summed E-state index contributed by atoms with van der Waals surface area (Å²) in [4.78, 5) is 0. The van der Waals surface area contributed by atoms with Crippen molar-refractivity contribution in [3.8, 4) is 50.8 Å². The summed E-state index contributed by atoms with van der Waals surface area (Å²) in [6.45, 7) is 0. The number of halogens is 15. The van der Waals surface area contributed by atoms with Crippen molar-refractivity contribution in [1.82, 2.24) is 9.13 Å². The number of aromatic nitrogens is 2. The smallest absolute Gasteiger partial charge is 0.308 e. The summed E-state index contributed by atoms with van der Waals surface area (Å²) in [7, 11) is 0. The van der Waals surface area contributed by atoms with Gasteiger partial charge in [0, 0.05) is 21.5 Å². The van der Waals surface area contributed by atoms with Crippen molar-refractivity contribution < 1.29 is 65.9 Å². The lowest BCUT2D eigenvalue weighted by molar-refractivity contribution is -0.144. The summed E-state index contributed by atoms with van der Waals surface area (Å²) in [6, 6.07) is 32.9. The zero-order valence-corrected chi connectivity index (χ0v) is 36.0. The Morgan fingerprint density at radius 1 is 0.319 bits per heavy atom. The minimum absolute atomic E-state index is 0.0203. The second-order valence-corrected chi connectivity index (χ2v) is 16.8. The van der Waals surface area contributed by atoms with Gasteiger partial charge in [-0.1, -0.05) is 72.8 Å². The Bertz CT molecular complexity index is 3660. The molecule has 3 nitrogen and oxygen atoms in total. The van der Waals surface area contributed by atoms with E-state index in [2.05, 4.69) is 6.07 Å². The molecule has 0 aliphatic rings. The summed E-state index contributed by atoms with van der Waals surface area (Å²) in [6.07, 6.45) is -25.4. The molecule has 0 saturated carbocycles. The lowest BCUT2D eigenvalue weighted by atomic mass is 9.95. The molecule has 0 aliphatic carbocycles. The number of fused-ring (bicyclic) bond motifs is 6. The van der Waals surface area contributed by atoms with Crippen molar-refractivity contribution in [3.05, 3.63) is 191 Å². The monoisotopic (exact) mass is 1000 g/mol. The van der Waals surface area contributed by atoms with Gasteiger partial charge in [0.15, 0.2) is 0 Å². The molecule has 72 heavy (non-hydrogen) atoms. The van der Waals surface area contributed by atoms with Crippen LogP contribution in [0, 0.1) is 11.3 Å². The molecule has 0 amide bonds. The van der Waals surface area contributed by atoms with Gasteiger partial charge in [0.2, 0.25) is 0 Å². The molecule has 0 spiro atoms. The van der Waals surface area contributed by atoms with Gasteiger partial charge in [0.05, 0.1) is 61.3 Å². The Kier molecular flexibility index (Phi) is 10.8. The van der Waals surface area contributed by atoms with Crippen LogP contribution in [0.3, 0.4) is 0 Å². The van der Waals surface area contributed by atoms with Crippen molar-refractivity contribution in [2.24, 2.45) is 0 Å². The van der Waals surface area contributed by atoms with E-state index in [1.807, 2.05) is 0 Å². The van der Waals surface area contributed by atoms with E-state index < -0.39 is 69.8 Å². The topological polar surface area (TPSA) is 33.6 Å². The second kappa shape index (κ2) is 16.4. The van der Waals surface area contributed by atoms with E-state index in [1.54, 1.807) is 57.7 Å². The van der Waals surface area contributed by atoms with Gasteiger partial charge in [-0.15, -0.1) is 0 Å². The van der Waals surface area contributed by atoms with Crippen LogP contribution in [-0.2, 0) is 30.9 Å². The van der Waals surface area contributed by atoms with Gasteiger partial charge >= 0.3 is 30.9 Å². The van der Waals surface area contributed by atoms with Crippen molar-refractivity contribution in [1.29, 1.82) is 5.26 Å². The molecule has 0 atom stereocenters. The first-order valence-corrected chi connectivity index (χ1v) is 21.2. The number of nitrogens with zero attached hydrogens (tertiary/aromatic N) is 3. The maximum absolute atomic E-state index is 14.5. The second-order valence-electron chi connectivity index (χ2n) is 16.8. The van der Waals surface area contributed by atoms with Crippen LogP contribution >= 0.6 is 0 Å². The largest absolute Gasteiger partial charge is 0.417 e. The van der Waals surface area contributed by atoms with Crippen LogP contribution in [0.1, 0.15) is 33.4 Å². The fourth-order valence-electron chi connectivity index (χ4n) is 9.33. The summed E-state index contributed by atoms with van der Waals surface area (Å²) in [5.41, 5.74) is -7.20. The highest BCUT2D eigenvalue weighted by Crippen LogP contribution is 2.47. The minimum atomic E-state index is -5.22. The number of hydrogen-bond acceptors (Lipinski definition) is 1. The molecule has 10 aromatic rings. The van der Waals surface area contributed by atoms with Crippen molar-refractivity contribution in [2.75, 3.05) is 0 Å². The molecule has 2 aromatic heterocycles. The maximum atomic E-state index is 14.5. The van der Waals surface area contributed by atoms with Crippen LogP contribution in [0.4, 0.5) is 65.9 Å². The molecule has 0 bridgehead atoms. The molecule has 0 N–H and O–H groups in total. The van der Waals surface area contributed by atoms with E-state index in [4.69, 9.17) is 0 Å². The summed E-state index contributed by atoms with van der Waals surface area (Å²) in [5.74, 6) is 0. The summed E-state index contributed by atoms with van der Waals surface area (Å²) < 4.78 is 215. The van der Waals surface area contributed by atoms with Crippen molar-refractivity contribution in [2.45, 2.75) is 30.9 Å². The Hall–Kier alpha value is -8.20. The highest BCUT2D eigenvalue weighted by Gasteiger charge is 2.40. The van der Waals surface area contributed by atoms with Crippen LogP contribution < -0.4 is 0 Å². The zero-order valence-electron chi connectivity index (χ0n) is 36.0. The van der Waals surface area contributed by atoms with Gasteiger partial charge in [-0.25, -0.2) is 0 Å². The molecule has 0 fully saturated rings. The third kappa shape index (κ3) is 8.11. The van der Waals surface area contributed by atoms with Crippen molar-refractivity contribution >= 4 is 43.6 Å². The molecule has 0 radical (unpaired) electrons. The van der Waals surface area contributed by atoms with E-state index in [9.17, 15) is 71.1 Å². The average molecular weight is 1000 g/mol.